The Labute approximate surface area is 187 Å². The molecule has 8 heteroatoms. The van der Waals surface area contributed by atoms with Gasteiger partial charge in [0, 0.05) is 35.4 Å². The molecule has 7 nitrogen and oxygen atoms in total. The van der Waals surface area contributed by atoms with Crippen LogP contribution in [-0.2, 0) is 13.1 Å². The maximum atomic E-state index is 6.09. The minimum absolute atomic E-state index is 0.321. The van der Waals surface area contributed by atoms with Crippen molar-refractivity contribution in [3.05, 3.63) is 65.0 Å². The van der Waals surface area contributed by atoms with Gasteiger partial charge in [0.1, 0.15) is 0 Å². The third kappa shape index (κ3) is 5.95. The molecule has 0 aliphatic heterocycles. The number of nitrogen functional groups attached to an aromatic ring is 1. The van der Waals surface area contributed by atoms with Crippen molar-refractivity contribution in [3.63, 3.8) is 0 Å². The predicted octanol–water partition coefficient (Wildman–Crippen LogP) is 4.69. The Morgan fingerprint density at radius 1 is 1.13 bits per heavy atom. The van der Waals surface area contributed by atoms with Crippen molar-refractivity contribution in [1.29, 1.82) is 0 Å². The molecule has 3 aromatic rings. The lowest BCUT2D eigenvalue weighted by atomic mass is 9.82. The first kappa shape index (κ1) is 21.6. The van der Waals surface area contributed by atoms with Crippen LogP contribution in [0.2, 0.25) is 5.02 Å². The van der Waals surface area contributed by atoms with Crippen molar-refractivity contribution in [2.75, 3.05) is 19.4 Å². The molecule has 0 atom stereocenters. The Bertz CT molecular complexity index is 973. The molecular weight excluding hydrogens is 414 g/mol. The standard InChI is InChI=1S/C23H28ClN5O2/c1-29(13-18-12-19(24)9-10-20(18)25)14-22-27-28-23(31-22)17-7-5-16(6-8-17)15-30-21-4-2-3-11-26-21/h2-4,9-12,16-17H,5-8,13-15,25H2,1H3. The number of benzene rings is 1. The van der Waals surface area contributed by atoms with Crippen LogP contribution in [0.25, 0.3) is 0 Å². The van der Waals surface area contributed by atoms with Crippen LogP contribution in [-0.4, -0.2) is 33.7 Å². The molecule has 2 aromatic heterocycles. The SMILES string of the molecule is CN(Cc1nnc(C2CCC(COc3ccccn3)CC2)o1)Cc1cc(Cl)ccc1N. The monoisotopic (exact) mass is 441 g/mol. The Morgan fingerprint density at radius 2 is 1.97 bits per heavy atom. The summed E-state index contributed by atoms with van der Waals surface area (Å²) >= 11 is 6.09. The van der Waals surface area contributed by atoms with Gasteiger partial charge in [0.05, 0.1) is 13.2 Å². The van der Waals surface area contributed by atoms with Crippen LogP contribution in [0.1, 0.15) is 48.9 Å². The second-order valence-corrected chi connectivity index (χ2v) is 8.68. The zero-order valence-corrected chi connectivity index (χ0v) is 18.5. The van der Waals surface area contributed by atoms with Gasteiger partial charge in [0.15, 0.2) is 0 Å². The van der Waals surface area contributed by atoms with Gasteiger partial charge in [-0.25, -0.2) is 4.98 Å². The van der Waals surface area contributed by atoms with Crippen molar-refractivity contribution in [1.82, 2.24) is 20.1 Å². The van der Waals surface area contributed by atoms with E-state index in [0.717, 1.165) is 42.8 Å². The lowest BCUT2D eigenvalue weighted by Gasteiger charge is -2.26. The maximum Gasteiger partial charge on any atom is 0.230 e. The fourth-order valence-corrected chi connectivity index (χ4v) is 4.19. The van der Waals surface area contributed by atoms with E-state index in [9.17, 15) is 0 Å². The van der Waals surface area contributed by atoms with Crippen LogP contribution in [0.4, 0.5) is 5.69 Å². The van der Waals surface area contributed by atoms with Crippen molar-refractivity contribution in [3.8, 4) is 5.88 Å². The van der Waals surface area contributed by atoms with Gasteiger partial charge in [-0.15, -0.1) is 10.2 Å². The van der Waals surface area contributed by atoms with E-state index in [-0.39, 0.29) is 0 Å². The van der Waals surface area contributed by atoms with E-state index in [0.29, 0.717) is 48.3 Å². The van der Waals surface area contributed by atoms with Crippen molar-refractivity contribution < 1.29 is 9.15 Å². The molecule has 0 spiro atoms. The van der Waals surface area contributed by atoms with Crippen molar-refractivity contribution in [2.45, 2.75) is 44.7 Å². The van der Waals surface area contributed by atoms with Gasteiger partial charge in [-0.2, -0.15) is 0 Å². The second-order valence-electron chi connectivity index (χ2n) is 8.25. The molecule has 31 heavy (non-hydrogen) atoms. The number of nitrogens with two attached hydrogens (primary N) is 1. The van der Waals surface area contributed by atoms with Crippen LogP contribution in [0, 0.1) is 5.92 Å². The number of rotatable bonds is 8. The molecule has 1 aliphatic rings. The predicted molar refractivity (Wildman–Crippen MR) is 120 cm³/mol. The number of nitrogens with zero attached hydrogens (tertiary/aromatic N) is 4. The average molecular weight is 442 g/mol. The summed E-state index contributed by atoms with van der Waals surface area (Å²) in [6, 6.07) is 11.2. The van der Waals surface area contributed by atoms with Crippen LogP contribution in [0.15, 0.2) is 47.0 Å². The number of anilines is 1. The molecule has 1 fully saturated rings. The molecular formula is C23H28ClN5O2. The molecule has 0 unspecified atom stereocenters. The highest BCUT2D eigenvalue weighted by Crippen LogP contribution is 2.35. The highest BCUT2D eigenvalue weighted by molar-refractivity contribution is 6.30. The molecule has 164 valence electrons. The lowest BCUT2D eigenvalue weighted by Crippen LogP contribution is -2.19. The fraction of sp³-hybridized carbons (Fsp3) is 0.435. The Balaban J connectivity index is 1.25. The summed E-state index contributed by atoms with van der Waals surface area (Å²) in [5.74, 6) is 2.92. The normalized spacial score (nSPS) is 18.9. The highest BCUT2D eigenvalue weighted by Gasteiger charge is 2.27. The summed E-state index contributed by atoms with van der Waals surface area (Å²) in [7, 11) is 2.00. The van der Waals surface area contributed by atoms with Gasteiger partial charge in [0.25, 0.3) is 0 Å². The molecule has 0 radical (unpaired) electrons. The molecule has 2 N–H and O–H groups in total. The summed E-state index contributed by atoms with van der Waals surface area (Å²) < 4.78 is 11.8. The van der Waals surface area contributed by atoms with E-state index in [1.807, 2.05) is 37.4 Å². The van der Waals surface area contributed by atoms with Crippen LogP contribution >= 0.6 is 11.6 Å². The summed E-state index contributed by atoms with van der Waals surface area (Å²) in [6.07, 6.45) is 5.99. The van der Waals surface area contributed by atoms with E-state index in [1.165, 1.54) is 0 Å². The van der Waals surface area contributed by atoms with E-state index >= 15 is 0 Å². The van der Waals surface area contributed by atoms with E-state index < -0.39 is 0 Å². The molecule has 2 heterocycles. The van der Waals surface area contributed by atoms with E-state index in [1.54, 1.807) is 12.3 Å². The molecule has 1 aliphatic carbocycles. The first-order chi connectivity index (χ1) is 15.1. The molecule has 1 aromatic carbocycles. The number of hydrogen-bond donors (Lipinski definition) is 1. The van der Waals surface area contributed by atoms with Gasteiger partial charge in [-0.1, -0.05) is 17.7 Å². The van der Waals surface area contributed by atoms with Crippen LogP contribution in [0.3, 0.4) is 0 Å². The zero-order valence-electron chi connectivity index (χ0n) is 17.7. The van der Waals surface area contributed by atoms with Crippen LogP contribution < -0.4 is 10.5 Å². The van der Waals surface area contributed by atoms with E-state index in [4.69, 9.17) is 26.5 Å². The average Bonchev–Trinajstić information content (AvgIpc) is 3.24. The Kier molecular flexibility index (Phi) is 7.04. The number of ether oxygens (including phenoxy) is 1. The molecule has 1 saturated carbocycles. The molecule has 4 rings (SSSR count). The number of pyridine rings is 1. The summed E-state index contributed by atoms with van der Waals surface area (Å²) in [4.78, 5) is 6.30. The maximum absolute atomic E-state index is 6.09. The minimum Gasteiger partial charge on any atom is -0.477 e. The summed E-state index contributed by atoms with van der Waals surface area (Å²) in [5, 5.41) is 9.26. The second kappa shape index (κ2) is 10.1. The Morgan fingerprint density at radius 3 is 2.74 bits per heavy atom. The third-order valence-corrected chi connectivity index (χ3v) is 5.97. The van der Waals surface area contributed by atoms with Gasteiger partial charge in [0.2, 0.25) is 17.7 Å². The molecule has 0 saturated heterocycles. The summed E-state index contributed by atoms with van der Waals surface area (Å²) in [5.41, 5.74) is 7.76. The Hall–Kier alpha value is -2.64. The smallest absolute Gasteiger partial charge is 0.230 e. The highest BCUT2D eigenvalue weighted by atomic mass is 35.5. The van der Waals surface area contributed by atoms with Gasteiger partial charge >= 0.3 is 0 Å². The molecule has 0 bridgehead atoms. The van der Waals surface area contributed by atoms with Gasteiger partial charge in [-0.3, -0.25) is 4.90 Å². The largest absolute Gasteiger partial charge is 0.477 e. The molecule has 0 amide bonds. The topological polar surface area (TPSA) is 90.3 Å². The first-order valence-electron chi connectivity index (χ1n) is 10.7. The number of halogens is 1. The van der Waals surface area contributed by atoms with Gasteiger partial charge < -0.3 is 14.9 Å². The zero-order chi connectivity index (χ0) is 21.6. The van der Waals surface area contributed by atoms with Crippen LogP contribution in [0.5, 0.6) is 5.88 Å². The number of hydrogen-bond acceptors (Lipinski definition) is 7. The quantitative estimate of drug-likeness (QED) is 0.507. The van der Waals surface area contributed by atoms with Crippen molar-refractivity contribution >= 4 is 17.3 Å². The van der Waals surface area contributed by atoms with E-state index in [2.05, 4.69) is 20.1 Å². The minimum atomic E-state index is 0.321. The first-order valence-corrected chi connectivity index (χ1v) is 11.0. The van der Waals surface area contributed by atoms with Crippen molar-refractivity contribution in [2.24, 2.45) is 5.92 Å². The fourth-order valence-electron chi connectivity index (χ4n) is 4.00. The third-order valence-electron chi connectivity index (χ3n) is 5.73. The number of aromatic nitrogens is 3. The lowest BCUT2D eigenvalue weighted by molar-refractivity contribution is 0.186. The van der Waals surface area contributed by atoms with Gasteiger partial charge in [-0.05, 0) is 68.5 Å². The summed E-state index contributed by atoms with van der Waals surface area (Å²) in [6.45, 7) is 1.92.